The number of hydrogen-bond acceptors (Lipinski definition) is 6. The van der Waals surface area contributed by atoms with Crippen LogP contribution in [0.1, 0.15) is 30.1 Å². The number of ether oxygens (including phenoxy) is 2. The molecule has 0 aliphatic rings. The van der Waals surface area contributed by atoms with Crippen LogP contribution in [-0.4, -0.2) is 46.8 Å². The third-order valence-corrected chi connectivity index (χ3v) is 5.40. The van der Waals surface area contributed by atoms with Gasteiger partial charge >= 0.3 is 5.97 Å². The Hall–Kier alpha value is -3.07. The molecule has 0 saturated carbocycles. The maximum atomic E-state index is 12.3. The van der Waals surface area contributed by atoms with Gasteiger partial charge in [0.25, 0.3) is 0 Å². The number of rotatable bonds is 10. The van der Waals surface area contributed by atoms with Gasteiger partial charge in [-0.25, -0.2) is 13.2 Å². The molecule has 0 spiro atoms. The largest absolute Gasteiger partial charge is 0.494 e. The zero-order valence-electron chi connectivity index (χ0n) is 17.3. The average molecular weight is 435 g/mol. The lowest BCUT2D eigenvalue weighted by Gasteiger charge is -2.22. The number of anilines is 2. The molecule has 0 saturated heterocycles. The Labute approximate surface area is 176 Å². The molecule has 30 heavy (non-hydrogen) atoms. The number of methoxy groups -OCH3 is 1. The molecule has 0 aromatic heterocycles. The number of para-hydroxylation sites is 1. The normalized spacial score (nSPS) is 10.9. The average Bonchev–Trinajstić information content (AvgIpc) is 2.71. The van der Waals surface area contributed by atoms with E-state index >= 15 is 0 Å². The van der Waals surface area contributed by atoms with Crippen LogP contribution in [0.25, 0.3) is 0 Å². The number of amides is 1. The lowest BCUT2D eigenvalue weighted by atomic mass is 10.1. The Morgan fingerprint density at radius 1 is 1.07 bits per heavy atom. The Morgan fingerprint density at radius 3 is 2.33 bits per heavy atom. The van der Waals surface area contributed by atoms with E-state index in [-0.39, 0.29) is 24.4 Å². The second-order valence-corrected chi connectivity index (χ2v) is 8.36. The monoisotopic (exact) mass is 434 g/mol. The Morgan fingerprint density at radius 2 is 1.73 bits per heavy atom. The fraction of sp³-hybridized carbons (Fsp3) is 0.333. The summed E-state index contributed by atoms with van der Waals surface area (Å²) in [5.41, 5.74) is 1.10. The lowest BCUT2D eigenvalue weighted by Crippen LogP contribution is -2.31. The van der Waals surface area contributed by atoms with Crippen molar-refractivity contribution >= 4 is 33.3 Å². The van der Waals surface area contributed by atoms with E-state index in [0.29, 0.717) is 30.2 Å². The summed E-state index contributed by atoms with van der Waals surface area (Å²) in [7, 11) is -2.26. The molecular formula is C21H26N2O6S. The molecule has 0 aliphatic carbocycles. The van der Waals surface area contributed by atoms with Crippen molar-refractivity contribution in [1.29, 1.82) is 0 Å². The molecule has 0 aliphatic heterocycles. The van der Waals surface area contributed by atoms with Gasteiger partial charge in [-0.3, -0.25) is 9.10 Å². The first-order valence-electron chi connectivity index (χ1n) is 9.44. The predicted octanol–water partition coefficient (Wildman–Crippen LogP) is 3.06. The summed E-state index contributed by atoms with van der Waals surface area (Å²) >= 11 is 0. The smallest absolute Gasteiger partial charge is 0.339 e. The van der Waals surface area contributed by atoms with E-state index in [1.807, 2.05) is 6.92 Å². The van der Waals surface area contributed by atoms with E-state index in [9.17, 15) is 18.0 Å². The van der Waals surface area contributed by atoms with E-state index in [4.69, 9.17) is 9.47 Å². The number of benzene rings is 2. The van der Waals surface area contributed by atoms with Crippen LogP contribution >= 0.6 is 0 Å². The molecule has 2 aromatic carbocycles. The highest BCUT2D eigenvalue weighted by atomic mass is 32.2. The summed E-state index contributed by atoms with van der Waals surface area (Å²) in [4.78, 5) is 24.1. The van der Waals surface area contributed by atoms with Crippen LogP contribution < -0.4 is 14.4 Å². The molecule has 0 bridgehead atoms. The van der Waals surface area contributed by atoms with Crippen molar-refractivity contribution in [3.05, 3.63) is 54.1 Å². The summed E-state index contributed by atoms with van der Waals surface area (Å²) in [5, 5.41) is 2.68. The first-order valence-corrected chi connectivity index (χ1v) is 11.3. The van der Waals surface area contributed by atoms with E-state index in [0.717, 1.165) is 6.26 Å². The molecule has 1 N–H and O–H groups in total. The van der Waals surface area contributed by atoms with Crippen molar-refractivity contribution in [2.45, 2.75) is 19.8 Å². The van der Waals surface area contributed by atoms with Crippen LogP contribution in [0.4, 0.5) is 11.4 Å². The van der Waals surface area contributed by atoms with Gasteiger partial charge in [0, 0.05) is 13.0 Å². The molecule has 9 heteroatoms. The highest BCUT2D eigenvalue weighted by molar-refractivity contribution is 7.92. The van der Waals surface area contributed by atoms with Crippen LogP contribution in [0.3, 0.4) is 0 Å². The summed E-state index contributed by atoms with van der Waals surface area (Å²) in [6.45, 7) is 2.52. The lowest BCUT2D eigenvalue weighted by molar-refractivity contribution is -0.116. The van der Waals surface area contributed by atoms with E-state index in [2.05, 4.69) is 5.32 Å². The van der Waals surface area contributed by atoms with Gasteiger partial charge in [0.1, 0.15) is 5.75 Å². The molecule has 8 nitrogen and oxygen atoms in total. The Balaban J connectivity index is 2.00. The molecule has 2 rings (SSSR count). The number of esters is 1. The fourth-order valence-corrected chi connectivity index (χ4v) is 3.80. The second kappa shape index (κ2) is 10.6. The minimum absolute atomic E-state index is 0.0819. The minimum Gasteiger partial charge on any atom is -0.494 e. The Bertz CT molecular complexity index is 973. The van der Waals surface area contributed by atoms with Gasteiger partial charge in [0.15, 0.2) is 0 Å². The van der Waals surface area contributed by atoms with Gasteiger partial charge in [0.2, 0.25) is 15.9 Å². The molecule has 0 heterocycles. The molecule has 0 radical (unpaired) electrons. The SMILES string of the molecule is CCOc1ccc(N(CCCC(=O)Nc2ccccc2C(=O)OC)S(C)(=O)=O)cc1. The molecule has 2 aromatic rings. The second-order valence-electron chi connectivity index (χ2n) is 6.45. The van der Waals surface area contributed by atoms with Gasteiger partial charge in [0.05, 0.1) is 36.9 Å². The number of carbonyl (C=O) groups excluding carboxylic acids is 2. The standard InChI is InChI=1S/C21H26N2O6S/c1-4-29-17-13-11-16(12-14-17)23(30(3,26)27)15-7-10-20(24)22-19-9-6-5-8-18(19)21(25)28-2/h5-6,8-9,11-14H,4,7,10,15H2,1-3H3,(H,22,24). The summed E-state index contributed by atoms with van der Waals surface area (Å²) in [6, 6.07) is 13.3. The molecule has 0 unspecified atom stereocenters. The van der Waals surface area contributed by atoms with Crippen molar-refractivity contribution < 1.29 is 27.5 Å². The maximum absolute atomic E-state index is 12.3. The highest BCUT2D eigenvalue weighted by Crippen LogP contribution is 2.22. The number of sulfonamides is 1. The van der Waals surface area contributed by atoms with Gasteiger partial charge in [-0.05, 0) is 49.7 Å². The van der Waals surface area contributed by atoms with Crippen LogP contribution in [0, 0.1) is 0 Å². The fourth-order valence-electron chi connectivity index (χ4n) is 2.84. The van der Waals surface area contributed by atoms with Gasteiger partial charge in [-0.2, -0.15) is 0 Å². The van der Waals surface area contributed by atoms with E-state index in [1.165, 1.54) is 11.4 Å². The van der Waals surface area contributed by atoms with E-state index < -0.39 is 16.0 Å². The zero-order valence-corrected chi connectivity index (χ0v) is 18.1. The third-order valence-electron chi connectivity index (χ3n) is 4.21. The number of carbonyl (C=O) groups is 2. The van der Waals surface area contributed by atoms with Crippen LogP contribution in [0.2, 0.25) is 0 Å². The van der Waals surface area contributed by atoms with Crippen molar-refractivity contribution in [3.8, 4) is 5.75 Å². The van der Waals surface area contributed by atoms with Gasteiger partial charge in [-0.15, -0.1) is 0 Å². The topological polar surface area (TPSA) is 102 Å². The molecular weight excluding hydrogens is 408 g/mol. The third kappa shape index (κ3) is 6.48. The zero-order chi connectivity index (χ0) is 22.1. The molecule has 162 valence electrons. The summed E-state index contributed by atoms with van der Waals surface area (Å²) < 4.78 is 35.7. The molecule has 0 fully saturated rings. The summed E-state index contributed by atoms with van der Waals surface area (Å²) in [5.74, 6) is -0.227. The van der Waals surface area contributed by atoms with Gasteiger partial charge < -0.3 is 14.8 Å². The van der Waals surface area contributed by atoms with Gasteiger partial charge in [-0.1, -0.05) is 12.1 Å². The summed E-state index contributed by atoms with van der Waals surface area (Å²) in [6.07, 6.45) is 1.50. The first kappa shape index (κ1) is 23.2. The van der Waals surface area contributed by atoms with Crippen molar-refractivity contribution in [1.82, 2.24) is 0 Å². The highest BCUT2D eigenvalue weighted by Gasteiger charge is 2.18. The molecule has 1 amide bonds. The van der Waals surface area contributed by atoms with Crippen LogP contribution in [0.5, 0.6) is 5.75 Å². The number of nitrogens with zero attached hydrogens (tertiary/aromatic N) is 1. The van der Waals surface area contributed by atoms with Crippen molar-refractivity contribution in [2.75, 3.05) is 36.1 Å². The molecule has 0 atom stereocenters. The Kier molecular flexibility index (Phi) is 8.23. The quantitative estimate of drug-likeness (QED) is 0.577. The van der Waals surface area contributed by atoms with E-state index in [1.54, 1.807) is 48.5 Å². The predicted molar refractivity (Wildman–Crippen MR) is 115 cm³/mol. The van der Waals surface area contributed by atoms with Crippen LogP contribution in [-0.2, 0) is 19.6 Å². The van der Waals surface area contributed by atoms with Crippen LogP contribution in [0.15, 0.2) is 48.5 Å². The first-order chi connectivity index (χ1) is 14.3. The van der Waals surface area contributed by atoms with Crippen molar-refractivity contribution in [3.63, 3.8) is 0 Å². The maximum Gasteiger partial charge on any atom is 0.339 e. The minimum atomic E-state index is -3.52. The van der Waals surface area contributed by atoms with Crippen molar-refractivity contribution in [2.24, 2.45) is 0 Å². The number of nitrogens with one attached hydrogen (secondary N) is 1. The number of hydrogen-bond donors (Lipinski definition) is 1.